The van der Waals surface area contributed by atoms with Crippen molar-refractivity contribution in [1.29, 1.82) is 0 Å². The minimum atomic E-state index is -2.61. The minimum Gasteiger partial charge on any atom is -0.371 e. The smallest absolute Gasteiger partial charge is 0.265 e. The van der Waals surface area contributed by atoms with Gasteiger partial charge in [-0.3, -0.25) is 0 Å². The number of rotatable bonds is 4. The van der Waals surface area contributed by atoms with Crippen LogP contribution < -0.4 is 0 Å². The summed E-state index contributed by atoms with van der Waals surface area (Å²) in [4.78, 5) is 2.35. The fraction of sp³-hybridized carbons (Fsp3) is 0.481. The van der Waals surface area contributed by atoms with Gasteiger partial charge in [0.15, 0.2) is 0 Å². The molecule has 0 saturated carbocycles. The van der Waals surface area contributed by atoms with Crippen LogP contribution in [0.5, 0.6) is 0 Å². The molecule has 31 heavy (non-hydrogen) atoms. The molecule has 0 amide bonds. The van der Waals surface area contributed by atoms with Crippen LogP contribution in [0, 0.1) is 12.3 Å². The van der Waals surface area contributed by atoms with Crippen molar-refractivity contribution in [2.45, 2.75) is 73.8 Å². The van der Waals surface area contributed by atoms with Gasteiger partial charge < -0.3 is 4.90 Å². The van der Waals surface area contributed by atoms with Gasteiger partial charge in [-0.1, -0.05) is 71.0 Å². The van der Waals surface area contributed by atoms with E-state index >= 15 is 0 Å². The van der Waals surface area contributed by atoms with Crippen molar-refractivity contribution in [2.24, 2.45) is 5.41 Å². The summed E-state index contributed by atoms with van der Waals surface area (Å²) in [5.74, 6) is 0. The minimum absolute atomic E-state index is 0.0748. The first-order chi connectivity index (χ1) is 14.6. The van der Waals surface area contributed by atoms with E-state index in [4.69, 9.17) is 11.6 Å². The van der Waals surface area contributed by atoms with Crippen LogP contribution in [0.2, 0.25) is 5.02 Å². The van der Waals surface area contributed by atoms with Gasteiger partial charge in [0.05, 0.1) is 5.02 Å². The largest absolute Gasteiger partial charge is 0.371 e. The summed E-state index contributed by atoms with van der Waals surface area (Å²) < 4.78 is 27.6. The highest BCUT2D eigenvalue weighted by Gasteiger charge is 2.23. The molecule has 0 unspecified atom stereocenters. The third kappa shape index (κ3) is 6.32. The molecule has 1 nitrogen and oxygen atoms in total. The monoisotopic (exact) mass is 447 g/mol. The first-order valence-electron chi connectivity index (χ1n) is 11.2. The predicted molar refractivity (Wildman–Crippen MR) is 130 cm³/mol. The van der Waals surface area contributed by atoms with Crippen molar-refractivity contribution in [3.63, 3.8) is 0 Å². The van der Waals surface area contributed by atoms with E-state index in [1.165, 1.54) is 11.1 Å². The molecule has 0 N–H and O–H groups in total. The van der Waals surface area contributed by atoms with E-state index in [0.29, 0.717) is 5.56 Å². The Morgan fingerprint density at radius 2 is 1.81 bits per heavy atom. The third-order valence-electron chi connectivity index (χ3n) is 5.53. The van der Waals surface area contributed by atoms with E-state index < -0.39 is 6.43 Å². The number of alkyl halides is 2. The third-order valence-corrected chi connectivity index (χ3v) is 5.86. The second-order valence-electron chi connectivity index (χ2n) is 9.27. The summed E-state index contributed by atoms with van der Waals surface area (Å²) >= 11 is 6.14. The molecule has 0 saturated heterocycles. The summed E-state index contributed by atoms with van der Waals surface area (Å²) in [6.45, 7) is 18.6. The second kappa shape index (κ2) is 10.6. The molecule has 2 aromatic rings. The zero-order valence-corrected chi connectivity index (χ0v) is 20.5. The number of allylic oxidation sites excluding steroid dienone is 1. The van der Waals surface area contributed by atoms with Gasteiger partial charge in [0, 0.05) is 24.4 Å². The lowest BCUT2D eigenvalue weighted by Gasteiger charge is -2.30. The number of hydrogen-bond acceptors (Lipinski definition) is 1. The van der Waals surface area contributed by atoms with Crippen LogP contribution in [0.25, 0.3) is 11.1 Å². The normalized spacial score (nSPS) is 13.9. The molecular weight excluding hydrogens is 412 g/mol. The van der Waals surface area contributed by atoms with Crippen molar-refractivity contribution >= 4 is 11.6 Å². The van der Waals surface area contributed by atoms with E-state index in [9.17, 15) is 8.78 Å². The van der Waals surface area contributed by atoms with E-state index in [2.05, 4.69) is 44.4 Å². The molecule has 170 valence electrons. The highest BCUT2D eigenvalue weighted by molar-refractivity contribution is 6.31. The van der Waals surface area contributed by atoms with Gasteiger partial charge >= 0.3 is 0 Å². The van der Waals surface area contributed by atoms with Crippen molar-refractivity contribution in [2.75, 3.05) is 6.54 Å². The summed E-state index contributed by atoms with van der Waals surface area (Å²) in [7, 11) is 0. The predicted octanol–water partition coefficient (Wildman–Crippen LogP) is 8.98. The number of aryl methyl sites for hydroxylation is 2. The van der Waals surface area contributed by atoms with Crippen molar-refractivity contribution in [3.8, 4) is 11.1 Å². The van der Waals surface area contributed by atoms with Crippen LogP contribution in [-0.4, -0.2) is 11.4 Å². The molecule has 1 aliphatic rings. The highest BCUT2D eigenvalue weighted by Crippen LogP contribution is 2.40. The zero-order chi connectivity index (χ0) is 23.3. The summed E-state index contributed by atoms with van der Waals surface area (Å²) in [5, 5.41) is 0.121. The molecular formula is C27H36ClF2N. The van der Waals surface area contributed by atoms with Crippen LogP contribution in [0.3, 0.4) is 0 Å². The van der Waals surface area contributed by atoms with Crippen LogP contribution in [0.15, 0.2) is 42.6 Å². The molecule has 0 aromatic heterocycles. The molecule has 2 aromatic carbocycles. The molecule has 0 spiro atoms. The molecule has 0 fully saturated rings. The van der Waals surface area contributed by atoms with Crippen LogP contribution in [0.1, 0.15) is 76.1 Å². The van der Waals surface area contributed by atoms with Crippen molar-refractivity contribution in [1.82, 2.24) is 4.90 Å². The maximum absolute atomic E-state index is 13.8. The van der Waals surface area contributed by atoms with E-state index in [0.717, 1.165) is 49.2 Å². The standard InChI is InChI=1S/C25H30ClF2N.C2H6/c1-16-8-11-21(26)23(24(27)28)22(16)19-10-9-18-7-6-12-29(15-20(18)13-19)17(2)14-25(3,4)5;1-2/h8-11,13,24H,2,6-7,12,14-15H2,1,3-5H3;1-2H3. The Kier molecular flexibility index (Phi) is 8.71. The van der Waals surface area contributed by atoms with Gasteiger partial charge in [-0.15, -0.1) is 0 Å². The zero-order valence-electron chi connectivity index (χ0n) is 19.8. The number of halogens is 3. The lowest BCUT2D eigenvalue weighted by Crippen LogP contribution is -2.25. The maximum atomic E-state index is 13.8. The average Bonchev–Trinajstić information content (AvgIpc) is 2.91. The fourth-order valence-corrected chi connectivity index (χ4v) is 4.45. The van der Waals surface area contributed by atoms with Gasteiger partial charge in [-0.05, 0) is 71.6 Å². The Morgan fingerprint density at radius 1 is 1.13 bits per heavy atom. The first kappa shape index (κ1) is 25.4. The number of fused-ring (bicyclic) bond motifs is 1. The quantitative estimate of drug-likeness (QED) is 0.452. The second-order valence-corrected chi connectivity index (χ2v) is 9.67. The molecule has 0 radical (unpaired) electrons. The Morgan fingerprint density at radius 3 is 2.42 bits per heavy atom. The SMILES string of the molecule is C=C(CC(C)(C)C)N1CCCc2ccc(-c3c(C)ccc(Cl)c3C(F)F)cc2C1.CC. The Hall–Kier alpha value is -1.87. The van der Waals surface area contributed by atoms with E-state index in [1.807, 2.05) is 32.9 Å². The molecule has 0 aliphatic carbocycles. The van der Waals surface area contributed by atoms with Gasteiger partial charge in [0.1, 0.15) is 0 Å². The molecule has 1 aliphatic heterocycles. The van der Waals surface area contributed by atoms with Crippen LogP contribution in [-0.2, 0) is 13.0 Å². The Labute approximate surface area is 192 Å². The van der Waals surface area contributed by atoms with Crippen molar-refractivity contribution < 1.29 is 8.78 Å². The average molecular weight is 448 g/mol. The Bertz CT molecular complexity index is 912. The van der Waals surface area contributed by atoms with Gasteiger partial charge in [-0.2, -0.15) is 0 Å². The van der Waals surface area contributed by atoms with Crippen LogP contribution >= 0.6 is 11.6 Å². The van der Waals surface area contributed by atoms with Crippen molar-refractivity contribution in [3.05, 3.63) is 69.9 Å². The maximum Gasteiger partial charge on any atom is 0.265 e. The number of nitrogens with zero attached hydrogens (tertiary/aromatic N) is 1. The van der Waals surface area contributed by atoms with Gasteiger partial charge in [0.2, 0.25) is 0 Å². The summed E-state index contributed by atoms with van der Waals surface area (Å²) in [6, 6.07) is 9.50. The Balaban J connectivity index is 0.00000166. The number of benzene rings is 2. The van der Waals surface area contributed by atoms with Crippen LogP contribution in [0.4, 0.5) is 8.78 Å². The highest BCUT2D eigenvalue weighted by atomic mass is 35.5. The molecule has 3 rings (SSSR count). The lowest BCUT2D eigenvalue weighted by atomic mass is 9.90. The van der Waals surface area contributed by atoms with E-state index in [-0.39, 0.29) is 16.0 Å². The van der Waals surface area contributed by atoms with E-state index in [1.54, 1.807) is 6.07 Å². The molecule has 4 heteroatoms. The molecule has 0 bridgehead atoms. The fourth-order valence-electron chi connectivity index (χ4n) is 4.21. The molecule has 0 atom stereocenters. The first-order valence-corrected chi connectivity index (χ1v) is 11.6. The number of hydrogen-bond donors (Lipinski definition) is 0. The molecule has 1 heterocycles. The van der Waals surface area contributed by atoms with Gasteiger partial charge in [0.25, 0.3) is 6.43 Å². The van der Waals surface area contributed by atoms with Gasteiger partial charge in [-0.25, -0.2) is 8.78 Å². The summed E-state index contributed by atoms with van der Waals surface area (Å²) in [6.07, 6.45) is 0.378. The topological polar surface area (TPSA) is 3.24 Å². The lowest BCUT2D eigenvalue weighted by molar-refractivity contribution is 0.152. The summed E-state index contributed by atoms with van der Waals surface area (Å²) in [5.41, 5.74) is 5.90.